The number of aliphatic carboxylic acids is 1. The van der Waals surface area contributed by atoms with E-state index >= 15 is 0 Å². The molecule has 0 fully saturated rings. The fourth-order valence-electron chi connectivity index (χ4n) is 0.835. The van der Waals surface area contributed by atoms with Crippen LogP contribution in [0.25, 0.3) is 0 Å². The van der Waals surface area contributed by atoms with Gasteiger partial charge in [-0.2, -0.15) is 0 Å². The van der Waals surface area contributed by atoms with Crippen molar-refractivity contribution in [2.75, 3.05) is 5.75 Å². The molecule has 0 aliphatic heterocycles. The molecule has 0 aliphatic carbocycles. The number of hydrogen-bond acceptors (Lipinski definition) is 3. The van der Waals surface area contributed by atoms with Crippen molar-refractivity contribution in [2.45, 2.75) is 28.8 Å². The van der Waals surface area contributed by atoms with E-state index in [9.17, 15) is 4.79 Å². The van der Waals surface area contributed by atoms with Crippen molar-refractivity contribution < 1.29 is 9.90 Å². The Morgan fingerprint density at radius 3 is 2.42 bits per heavy atom. The van der Waals surface area contributed by atoms with Crippen LogP contribution in [-0.4, -0.2) is 41.2 Å². The first kappa shape index (κ1) is 12.6. The van der Waals surface area contributed by atoms with E-state index < -0.39 is 30.4 Å². The van der Waals surface area contributed by atoms with Crippen molar-refractivity contribution >= 4 is 33.3 Å². The van der Waals surface area contributed by atoms with Gasteiger partial charge in [0.2, 0.25) is 0 Å². The van der Waals surface area contributed by atoms with Crippen LogP contribution in [-0.2, 0) is 4.79 Å². The number of carboxylic acid groups (broad SMARTS) is 1. The van der Waals surface area contributed by atoms with Crippen LogP contribution in [0.5, 0.6) is 0 Å². The Balaban J connectivity index is 3.58. The van der Waals surface area contributed by atoms with Gasteiger partial charge in [0.25, 0.3) is 0 Å². The summed E-state index contributed by atoms with van der Waals surface area (Å²) in [6.45, 7) is 4.40. The topological polar surface area (TPSA) is 63.3 Å². The summed E-state index contributed by atoms with van der Waals surface area (Å²) in [6.07, 6.45) is 0. The van der Waals surface area contributed by atoms with E-state index in [0.717, 1.165) is 0 Å². The quantitative estimate of drug-likeness (QED) is 0.715. The number of hydrogen-bond donors (Lipinski definition) is 2. The average molecular weight is 298 g/mol. The second kappa shape index (κ2) is 7.03. The van der Waals surface area contributed by atoms with E-state index in [1.807, 2.05) is 8.95 Å². The predicted octanol–water partition coefficient (Wildman–Crippen LogP) is 0.895. The first-order valence-corrected chi connectivity index (χ1v) is 14.0. The molecule has 0 aromatic carbocycles. The van der Waals surface area contributed by atoms with Crippen LogP contribution in [0.2, 0.25) is 8.87 Å². The van der Waals surface area contributed by atoms with Crippen molar-refractivity contribution in [1.29, 1.82) is 0 Å². The fraction of sp³-hybridized carbons (Fsp3) is 0.857. The summed E-state index contributed by atoms with van der Waals surface area (Å²) in [4.78, 5) is 10.4. The maximum atomic E-state index is 10.4. The van der Waals surface area contributed by atoms with E-state index in [-0.39, 0.29) is 0 Å². The van der Waals surface area contributed by atoms with Gasteiger partial charge in [-0.3, -0.25) is 0 Å². The van der Waals surface area contributed by atoms with Gasteiger partial charge >= 0.3 is 83.4 Å². The third-order valence-electron chi connectivity index (χ3n) is 1.74. The number of carbonyl (C=O) groups is 1. The molecule has 0 saturated heterocycles. The van der Waals surface area contributed by atoms with Crippen LogP contribution in [0.3, 0.4) is 0 Å². The molecule has 0 heterocycles. The Morgan fingerprint density at radius 2 is 2.08 bits per heavy atom. The van der Waals surface area contributed by atoms with Crippen LogP contribution >= 0.6 is 8.95 Å². The zero-order chi connectivity index (χ0) is 9.56. The minimum atomic E-state index is -1.37. The Labute approximate surface area is 83.3 Å². The second-order valence-corrected chi connectivity index (χ2v) is 18.9. The Bertz CT molecular complexity index is 141. The molecule has 0 radical (unpaired) electrons. The molecule has 0 aromatic rings. The van der Waals surface area contributed by atoms with Gasteiger partial charge in [0, 0.05) is 0 Å². The van der Waals surface area contributed by atoms with Gasteiger partial charge in [-0.1, -0.05) is 0 Å². The van der Waals surface area contributed by atoms with Crippen LogP contribution in [0.1, 0.15) is 13.8 Å². The molecule has 1 unspecified atom stereocenters. The summed E-state index contributed by atoms with van der Waals surface area (Å²) in [6, 6.07) is -0.660. The molecule has 0 rings (SSSR count). The van der Waals surface area contributed by atoms with E-state index in [4.69, 9.17) is 10.8 Å². The molecule has 3 nitrogen and oxygen atoms in total. The Hall–Kier alpha value is 0.579. The number of rotatable bonds is 6. The van der Waals surface area contributed by atoms with Crippen LogP contribution < -0.4 is 5.73 Å². The molecule has 12 heavy (non-hydrogen) atoms. The molecule has 0 amide bonds. The molecule has 0 saturated carbocycles. The summed E-state index contributed by atoms with van der Waals surface area (Å²) in [5.41, 5.74) is 5.39. The van der Waals surface area contributed by atoms with Crippen molar-refractivity contribution in [3.05, 3.63) is 0 Å². The molecular formula is C7H17NO2SSn. The normalized spacial score (nSPS) is 13.3. The molecule has 0 bridgehead atoms. The summed E-state index contributed by atoms with van der Waals surface area (Å²) in [5, 5.41) is 8.53. The van der Waals surface area contributed by atoms with Gasteiger partial charge in [0.15, 0.2) is 0 Å². The first-order valence-electron chi connectivity index (χ1n) is 4.21. The van der Waals surface area contributed by atoms with Gasteiger partial charge in [-0.15, -0.1) is 0 Å². The van der Waals surface area contributed by atoms with Crippen molar-refractivity contribution in [3.8, 4) is 0 Å². The molecule has 0 spiro atoms. The second-order valence-electron chi connectivity index (χ2n) is 2.72. The van der Waals surface area contributed by atoms with Crippen molar-refractivity contribution in [3.63, 3.8) is 0 Å². The summed E-state index contributed by atoms with van der Waals surface area (Å²) < 4.78 is 2.57. The Kier molecular flexibility index (Phi) is 7.37. The predicted molar refractivity (Wildman–Crippen MR) is 56.2 cm³/mol. The molecule has 5 heteroatoms. The minimum absolute atomic E-state index is 0.609. The van der Waals surface area contributed by atoms with Crippen molar-refractivity contribution in [1.82, 2.24) is 0 Å². The third-order valence-corrected chi connectivity index (χ3v) is 18.1. The monoisotopic (exact) mass is 299 g/mol. The van der Waals surface area contributed by atoms with E-state index in [2.05, 4.69) is 13.8 Å². The number of carboxylic acids is 1. The molecule has 1 atom stereocenters. The average Bonchev–Trinajstić information content (AvgIpc) is 2.05. The SMILES string of the molecule is C[CH2][SnH]([CH2]C)[S]CC(N)C(=O)O. The third kappa shape index (κ3) is 5.26. The zero-order valence-corrected chi connectivity index (χ0v) is 11.7. The zero-order valence-electron chi connectivity index (χ0n) is 7.62. The van der Waals surface area contributed by atoms with Gasteiger partial charge in [-0.05, 0) is 0 Å². The van der Waals surface area contributed by atoms with E-state index in [1.54, 1.807) is 0 Å². The Morgan fingerprint density at radius 1 is 1.58 bits per heavy atom. The van der Waals surface area contributed by atoms with Gasteiger partial charge < -0.3 is 0 Å². The molecule has 72 valence electrons. The molecule has 0 aromatic heterocycles. The summed E-state index contributed by atoms with van der Waals surface area (Å²) in [5.74, 6) is -0.266. The van der Waals surface area contributed by atoms with Crippen LogP contribution in [0.15, 0.2) is 0 Å². The van der Waals surface area contributed by atoms with E-state index in [1.165, 1.54) is 8.87 Å². The van der Waals surface area contributed by atoms with Gasteiger partial charge in [0.1, 0.15) is 0 Å². The first-order chi connectivity index (χ1) is 5.61. The van der Waals surface area contributed by atoms with E-state index in [0.29, 0.717) is 5.75 Å². The summed E-state index contributed by atoms with van der Waals surface area (Å²) >= 11 is -1.37. The molecule has 3 N–H and O–H groups in total. The fourth-order valence-corrected chi connectivity index (χ4v) is 11.7. The maximum absolute atomic E-state index is 10.4. The van der Waals surface area contributed by atoms with Gasteiger partial charge in [0.05, 0.1) is 0 Å². The number of nitrogens with two attached hydrogens (primary N) is 1. The molecular weight excluding hydrogens is 281 g/mol. The van der Waals surface area contributed by atoms with Crippen molar-refractivity contribution in [2.24, 2.45) is 5.73 Å². The van der Waals surface area contributed by atoms with Crippen LogP contribution in [0, 0.1) is 0 Å². The van der Waals surface area contributed by atoms with Gasteiger partial charge in [-0.25, -0.2) is 0 Å². The molecule has 0 aliphatic rings. The summed E-state index contributed by atoms with van der Waals surface area (Å²) in [7, 11) is 1.86. The van der Waals surface area contributed by atoms with Crippen LogP contribution in [0.4, 0.5) is 0 Å². The standard InChI is InChI=1S/C3H7NO2S.2C2H5.Sn.H/c4-2(1-7)3(5)6;2*1-2;;/h2,7H,1,4H2,(H,5,6);2*1H2,2H3;;/q;;;+1;/p-1.